The van der Waals surface area contributed by atoms with E-state index in [1.165, 1.54) is 23.9 Å². The van der Waals surface area contributed by atoms with Crippen LogP contribution < -0.4 is 5.32 Å². The van der Waals surface area contributed by atoms with E-state index in [2.05, 4.69) is 37.4 Å². The van der Waals surface area contributed by atoms with Crippen molar-refractivity contribution in [2.45, 2.75) is 45.6 Å². The van der Waals surface area contributed by atoms with Crippen LogP contribution in [0.2, 0.25) is 0 Å². The van der Waals surface area contributed by atoms with Crippen LogP contribution in [0.15, 0.2) is 18.2 Å². The van der Waals surface area contributed by atoms with Crippen molar-refractivity contribution in [3.05, 3.63) is 29.3 Å². The summed E-state index contributed by atoms with van der Waals surface area (Å²) in [6.07, 6.45) is 3.92. The smallest absolute Gasteiger partial charge is 0.308 e. The highest BCUT2D eigenvalue weighted by molar-refractivity contribution is 5.72. The summed E-state index contributed by atoms with van der Waals surface area (Å²) in [4.78, 5) is 11.5. The van der Waals surface area contributed by atoms with Gasteiger partial charge in [-0.25, -0.2) is 0 Å². The Balaban J connectivity index is 1.92. The number of ether oxygens (including phenoxy) is 1. The Hall–Kier alpha value is -1.51. The van der Waals surface area contributed by atoms with Gasteiger partial charge < -0.3 is 10.1 Å². The molecule has 2 rings (SSSR count). The molecule has 1 saturated carbocycles. The Labute approximate surface area is 115 Å². The predicted octanol–water partition coefficient (Wildman–Crippen LogP) is 3.45. The van der Waals surface area contributed by atoms with Gasteiger partial charge in [0.05, 0.1) is 13.0 Å². The van der Waals surface area contributed by atoms with Gasteiger partial charge in [-0.3, -0.25) is 4.79 Å². The first kappa shape index (κ1) is 13.9. The fourth-order valence-electron chi connectivity index (χ4n) is 2.75. The molecule has 0 bridgehead atoms. The van der Waals surface area contributed by atoms with Crippen LogP contribution in [-0.2, 0) is 9.53 Å². The van der Waals surface area contributed by atoms with E-state index in [9.17, 15) is 4.79 Å². The number of carbonyl (C=O) groups is 1. The molecule has 0 aliphatic heterocycles. The number of benzene rings is 1. The third-order valence-electron chi connectivity index (χ3n) is 4.01. The summed E-state index contributed by atoms with van der Waals surface area (Å²) < 4.78 is 4.82. The number of aryl methyl sites for hydroxylation is 2. The maximum Gasteiger partial charge on any atom is 0.308 e. The number of hydrogen-bond donors (Lipinski definition) is 1. The van der Waals surface area contributed by atoms with E-state index >= 15 is 0 Å². The maximum atomic E-state index is 11.5. The molecule has 1 fully saturated rings. The molecule has 0 atom stereocenters. The molecule has 104 valence electrons. The Morgan fingerprint density at radius 2 is 1.89 bits per heavy atom. The summed E-state index contributed by atoms with van der Waals surface area (Å²) in [5, 5.41) is 3.62. The minimum absolute atomic E-state index is 0.0508. The van der Waals surface area contributed by atoms with Crippen molar-refractivity contribution in [1.29, 1.82) is 0 Å². The van der Waals surface area contributed by atoms with Gasteiger partial charge in [0, 0.05) is 11.7 Å². The molecule has 1 aliphatic carbocycles. The molecule has 0 amide bonds. The minimum Gasteiger partial charge on any atom is -0.469 e. The Kier molecular flexibility index (Phi) is 4.46. The van der Waals surface area contributed by atoms with Crippen LogP contribution in [0.3, 0.4) is 0 Å². The molecule has 19 heavy (non-hydrogen) atoms. The molecule has 0 aromatic heterocycles. The topological polar surface area (TPSA) is 38.3 Å². The standard InChI is InChI=1S/C16H23NO2/c1-11-4-5-12(2)15(10-11)17-14-8-6-13(7-9-14)16(18)19-3/h4-5,10,13-14,17H,6-9H2,1-3H3. The molecule has 1 aromatic rings. The highest BCUT2D eigenvalue weighted by Gasteiger charge is 2.26. The molecule has 0 heterocycles. The lowest BCUT2D eigenvalue weighted by Crippen LogP contribution is -2.30. The molecular formula is C16H23NO2. The first-order chi connectivity index (χ1) is 9.10. The lowest BCUT2D eigenvalue weighted by atomic mass is 9.86. The average Bonchev–Trinajstić information content (AvgIpc) is 2.43. The summed E-state index contributed by atoms with van der Waals surface area (Å²) in [5.74, 6) is 0.0480. The average molecular weight is 261 g/mol. The van der Waals surface area contributed by atoms with E-state index in [1.54, 1.807) is 0 Å². The zero-order valence-electron chi connectivity index (χ0n) is 12.0. The normalized spacial score (nSPS) is 22.9. The van der Waals surface area contributed by atoms with Crippen LogP contribution in [0.5, 0.6) is 0 Å². The lowest BCUT2D eigenvalue weighted by molar-refractivity contribution is -0.146. The summed E-state index contributed by atoms with van der Waals surface area (Å²) >= 11 is 0. The molecule has 1 N–H and O–H groups in total. The molecule has 3 heteroatoms. The summed E-state index contributed by atoms with van der Waals surface area (Å²) in [6.45, 7) is 4.24. The van der Waals surface area contributed by atoms with E-state index < -0.39 is 0 Å². The van der Waals surface area contributed by atoms with Gasteiger partial charge in [0.15, 0.2) is 0 Å². The first-order valence-electron chi connectivity index (χ1n) is 7.01. The van der Waals surface area contributed by atoms with Crippen LogP contribution in [0.1, 0.15) is 36.8 Å². The molecule has 1 aliphatic rings. The second-order valence-corrected chi connectivity index (χ2v) is 5.53. The lowest BCUT2D eigenvalue weighted by Gasteiger charge is -2.29. The van der Waals surface area contributed by atoms with Crippen molar-refractivity contribution in [2.75, 3.05) is 12.4 Å². The molecule has 0 saturated heterocycles. The molecule has 3 nitrogen and oxygen atoms in total. The third kappa shape index (κ3) is 3.49. The largest absolute Gasteiger partial charge is 0.469 e. The van der Waals surface area contributed by atoms with Gasteiger partial charge in [0.25, 0.3) is 0 Å². The number of anilines is 1. The number of rotatable bonds is 3. The second kappa shape index (κ2) is 6.09. The zero-order chi connectivity index (χ0) is 13.8. The van der Waals surface area contributed by atoms with Crippen LogP contribution in [-0.4, -0.2) is 19.1 Å². The fourth-order valence-corrected chi connectivity index (χ4v) is 2.75. The summed E-state index contributed by atoms with van der Waals surface area (Å²) in [6, 6.07) is 6.95. The van der Waals surface area contributed by atoms with E-state index in [0.29, 0.717) is 6.04 Å². The Morgan fingerprint density at radius 3 is 2.53 bits per heavy atom. The van der Waals surface area contributed by atoms with Crippen molar-refractivity contribution in [1.82, 2.24) is 0 Å². The SMILES string of the molecule is COC(=O)C1CCC(Nc2cc(C)ccc2C)CC1. The molecular weight excluding hydrogens is 238 g/mol. The van der Waals surface area contributed by atoms with Gasteiger partial charge in [-0.05, 0) is 56.7 Å². The number of carbonyl (C=O) groups excluding carboxylic acids is 1. The van der Waals surface area contributed by atoms with E-state index in [0.717, 1.165) is 25.7 Å². The molecule has 0 unspecified atom stereocenters. The van der Waals surface area contributed by atoms with E-state index in [1.807, 2.05) is 0 Å². The van der Waals surface area contributed by atoms with Crippen molar-refractivity contribution >= 4 is 11.7 Å². The maximum absolute atomic E-state index is 11.5. The highest BCUT2D eigenvalue weighted by Crippen LogP contribution is 2.28. The van der Waals surface area contributed by atoms with Crippen LogP contribution in [0.4, 0.5) is 5.69 Å². The molecule has 0 radical (unpaired) electrons. The van der Waals surface area contributed by atoms with Gasteiger partial charge in [0.1, 0.15) is 0 Å². The van der Waals surface area contributed by atoms with Crippen molar-refractivity contribution in [3.63, 3.8) is 0 Å². The van der Waals surface area contributed by atoms with Crippen molar-refractivity contribution < 1.29 is 9.53 Å². The summed E-state index contributed by atoms with van der Waals surface area (Å²) in [7, 11) is 1.47. The Bertz CT molecular complexity index is 448. The zero-order valence-corrected chi connectivity index (χ0v) is 12.0. The second-order valence-electron chi connectivity index (χ2n) is 5.53. The van der Waals surface area contributed by atoms with Crippen LogP contribution >= 0.6 is 0 Å². The summed E-state index contributed by atoms with van der Waals surface area (Å²) in [5.41, 5.74) is 3.78. The Morgan fingerprint density at radius 1 is 1.21 bits per heavy atom. The van der Waals surface area contributed by atoms with Crippen molar-refractivity contribution in [3.8, 4) is 0 Å². The number of esters is 1. The third-order valence-corrected chi connectivity index (χ3v) is 4.01. The first-order valence-corrected chi connectivity index (χ1v) is 7.01. The van der Waals surface area contributed by atoms with Gasteiger partial charge >= 0.3 is 5.97 Å². The minimum atomic E-state index is -0.0508. The van der Waals surface area contributed by atoms with E-state index in [-0.39, 0.29) is 11.9 Å². The predicted molar refractivity (Wildman–Crippen MR) is 77.3 cm³/mol. The van der Waals surface area contributed by atoms with Gasteiger partial charge in [-0.15, -0.1) is 0 Å². The number of hydrogen-bond acceptors (Lipinski definition) is 3. The van der Waals surface area contributed by atoms with E-state index in [4.69, 9.17) is 4.74 Å². The molecule has 1 aromatic carbocycles. The van der Waals surface area contributed by atoms with Gasteiger partial charge in [-0.1, -0.05) is 12.1 Å². The van der Waals surface area contributed by atoms with Crippen molar-refractivity contribution in [2.24, 2.45) is 5.92 Å². The highest BCUT2D eigenvalue weighted by atomic mass is 16.5. The van der Waals surface area contributed by atoms with Gasteiger partial charge in [0.2, 0.25) is 0 Å². The van der Waals surface area contributed by atoms with Crippen LogP contribution in [0, 0.1) is 19.8 Å². The fraction of sp³-hybridized carbons (Fsp3) is 0.562. The van der Waals surface area contributed by atoms with Gasteiger partial charge in [-0.2, -0.15) is 0 Å². The quantitative estimate of drug-likeness (QED) is 0.847. The number of methoxy groups -OCH3 is 1. The number of nitrogens with one attached hydrogen (secondary N) is 1. The van der Waals surface area contributed by atoms with Crippen LogP contribution in [0.25, 0.3) is 0 Å². The molecule has 0 spiro atoms. The monoisotopic (exact) mass is 261 g/mol.